The van der Waals surface area contributed by atoms with Crippen molar-refractivity contribution in [1.29, 1.82) is 0 Å². The molecule has 2 nitrogen and oxygen atoms in total. The first kappa shape index (κ1) is 12.9. The molecule has 2 unspecified atom stereocenters. The first-order valence-electron chi connectivity index (χ1n) is 6.45. The Morgan fingerprint density at radius 2 is 2.35 bits per heavy atom. The van der Waals surface area contributed by atoms with Crippen LogP contribution in [0, 0.1) is 6.92 Å². The summed E-state index contributed by atoms with van der Waals surface area (Å²) in [5.41, 5.74) is 2.67. The molecule has 1 heterocycles. The third kappa shape index (κ3) is 3.71. The molecule has 0 saturated heterocycles. The van der Waals surface area contributed by atoms with Crippen molar-refractivity contribution in [2.24, 2.45) is 0 Å². The van der Waals surface area contributed by atoms with Gasteiger partial charge in [0.05, 0.1) is 0 Å². The number of hydrogen-bond acceptors (Lipinski definition) is 3. The van der Waals surface area contributed by atoms with Crippen molar-refractivity contribution in [3.8, 4) is 0 Å². The first-order valence-corrected chi connectivity index (χ1v) is 7.74. The summed E-state index contributed by atoms with van der Waals surface area (Å²) in [5.74, 6) is 0. The van der Waals surface area contributed by atoms with Crippen LogP contribution in [0.15, 0.2) is 18.5 Å². The number of pyridine rings is 1. The van der Waals surface area contributed by atoms with E-state index in [2.05, 4.69) is 29.5 Å². The summed E-state index contributed by atoms with van der Waals surface area (Å²) in [6, 6.07) is 2.78. The van der Waals surface area contributed by atoms with E-state index in [0.29, 0.717) is 6.04 Å². The van der Waals surface area contributed by atoms with E-state index < -0.39 is 0 Å². The molecule has 1 fully saturated rings. The van der Waals surface area contributed by atoms with E-state index in [4.69, 9.17) is 0 Å². The fraction of sp³-hybridized carbons (Fsp3) is 0.643. The lowest BCUT2D eigenvalue weighted by molar-refractivity contribution is 0.379. The monoisotopic (exact) mass is 250 g/mol. The Morgan fingerprint density at radius 1 is 1.47 bits per heavy atom. The molecule has 0 bridgehead atoms. The predicted molar refractivity (Wildman–Crippen MR) is 75.4 cm³/mol. The molecule has 1 aliphatic carbocycles. The van der Waals surface area contributed by atoms with Crippen molar-refractivity contribution < 1.29 is 0 Å². The highest BCUT2D eigenvalue weighted by atomic mass is 32.2. The number of hydrogen-bond donors (Lipinski definition) is 1. The van der Waals surface area contributed by atoms with Gasteiger partial charge < -0.3 is 5.32 Å². The van der Waals surface area contributed by atoms with E-state index in [-0.39, 0.29) is 0 Å². The van der Waals surface area contributed by atoms with Gasteiger partial charge in [-0.05, 0) is 49.6 Å². The van der Waals surface area contributed by atoms with Crippen LogP contribution in [0.1, 0.15) is 36.8 Å². The number of aromatic nitrogens is 1. The highest BCUT2D eigenvalue weighted by Crippen LogP contribution is 2.27. The van der Waals surface area contributed by atoms with Gasteiger partial charge in [0.1, 0.15) is 0 Å². The maximum absolute atomic E-state index is 4.20. The molecule has 0 amide bonds. The van der Waals surface area contributed by atoms with Crippen LogP contribution in [0.4, 0.5) is 0 Å². The molecule has 0 aromatic carbocycles. The minimum atomic E-state index is 0.695. The van der Waals surface area contributed by atoms with Crippen LogP contribution in [0.25, 0.3) is 0 Å². The first-order chi connectivity index (χ1) is 8.29. The SMILES string of the molecule is CSC1CCCC(NCc2cnccc2C)C1. The van der Waals surface area contributed by atoms with Gasteiger partial charge in [0.25, 0.3) is 0 Å². The van der Waals surface area contributed by atoms with Crippen LogP contribution in [0.2, 0.25) is 0 Å². The number of nitrogens with zero attached hydrogens (tertiary/aromatic N) is 1. The molecule has 1 aliphatic rings. The average molecular weight is 250 g/mol. The lowest BCUT2D eigenvalue weighted by atomic mass is 9.94. The summed E-state index contributed by atoms with van der Waals surface area (Å²) >= 11 is 2.02. The summed E-state index contributed by atoms with van der Waals surface area (Å²) in [6.45, 7) is 3.12. The van der Waals surface area contributed by atoms with Gasteiger partial charge in [0.15, 0.2) is 0 Å². The standard InChI is InChI=1S/C14H22N2S/c1-11-6-7-15-9-12(11)10-16-13-4-3-5-14(8-13)17-2/h6-7,9,13-14,16H,3-5,8,10H2,1-2H3. The van der Waals surface area contributed by atoms with Crippen molar-refractivity contribution in [2.45, 2.75) is 50.4 Å². The molecule has 3 heteroatoms. The third-order valence-corrected chi connectivity index (χ3v) is 4.78. The summed E-state index contributed by atoms with van der Waals surface area (Å²) in [6.07, 6.45) is 11.5. The van der Waals surface area contributed by atoms with Crippen molar-refractivity contribution in [1.82, 2.24) is 10.3 Å². The van der Waals surface area contributed by atoms with Crippen LogP contribution in [0.5, 0.6) is 0 Å². The zero-order valence-electron chi connectivity index (χ0n) is 10.8. The highest BCUT2D eigenvalue weighted by Gasteiger charge is 2.20. The second-order valence-corrected chi connectivity index (χ2v) is 6.04. The van der Waals surface area contributed by atoms with Crippen LogP contribution in [-0.2, 0) is 6.54 Å². The molecule has 17 heavy (non-hydrogen) atoms. The molecular formula is C14H22N2S. The van der Waals surface area contributed by atoms with Crippen LogP contribution in [0.3, 0.4) is 0 Å². The molecular weight excluding hydrogens is 228 g/mol. The summed E-state index contributed by atoms with van der Waals surface area (Å²) in [7, 11) is 0. The Bertz CT molecular complexity index is 354. The topological polar surface area (TPSA) is 24.9 Å². The Labute approximate surface area is 109 Å². The molecule has 0 aliphatic heterocycles. The molecule has 94 valence electrons. The minimum Gasteiger partial charge on any atom is -0.310 e. The molecule has 0 spiro atoms. The second kappa shape index (κ2) is 6.41. The highest BCUT2D eigenvalue weighted by molar-refractivity contribution is 7.99. The Balaban J connectivity index is 1.84. The molecule has 1 aromatic heterocycles. The van der Waals surface area contributed by atoms with Gasteiger partial charge in [0.2, 0.25) is 0 Å². The van der Waals surface area contributed by atoms with Crippen LogP contribution >= 0.6 is 11.8 Å². The fourth-order valence-electron chi connectivity index (χ4n) is 2.48. The van der Waals surface area contributed by atoms with E-state index in [1.807, 2.05) is 24.2 Å². The zero-order chi connectivity index (χ0) is 12.1. The predicted octanol–water partition coefficient (Wildman–Crippen LogP) is 3.15. The van der Waals surface area contributed by atoms with Gasteiger partial charge >= 0.3 is 0 Å². The molecule has 1 saturated carbocycles. The normalized spacial score (nSPS) is 24.8. The van der Waals surface area contributed by atoms with Crippen molar-refractivity contribution in [2.75, 3.05) is 6.26 Å². The number of nitrogens with one attached hydrogen (secondary N) is 1. The molecule has 2 atom stereocenters. The second-order valence-electron chi connectivity index (χ2n) is 4.90. The number of rotatable bonds is 4. The number of thioether (sulfide) groups is 1. The lowest BCUT2D eigenvalue weighted by Gasteiger charge is -2.29. The zero-order valence-corrected chi connectivity index (χ0v) is 11.6. The van der Waals surface area contributed by atoms with E-state index in [0.717, 1.165) is 11.8 Å². The maximum Gasteiger partial charge on any atom is 0.0315 e. The van der Waals surface area contributed by atoms with Gasteiger partial charge in [-0.25, -0.2) is 0 Å². The van der Waals surface area contributed by atoms with Gasteiger partial charge in [-0.1, -0.05) is 6.42 Å². The van der Waals surface area contributed by atoms with Crippen LogP contribution in [-0.4, -0.2) is 22.5 Å². The van der Waals surface area contributed by atoms with Gasteiger partial charge in [-0.2, -0.15) is 11.8 Å². The van der Waals surface area contributed by atoms with Gasteiger partial charge in [-0.3, -0.25) is 4.98 Å². The van der Waals surface area contributed by atoms with E-state index in [9.17, 15) is 0 Å². The van der Waals surface area contributed by atoms with Crippen LogP contribution < -0.4 is 5.32 Å². The smallest absolute Gasteiger partial charge is 0.0315 e. The van der Waals surface area contributed by atoms with E-state index in [1.165, 1.54) is 36.8 Å². The van der Waals surface area contributed by atoms with Crippen molar-refractivity contribution in [3.05, 3.63) is 29.6 Å². The molecule has 1 aromatic rings. The quantitative estimate of drug-likeness (QED) is 0.888. The molecule has 2 rings (SSSR count). The van der Waals surface area contributed by atoms with Crippen molar-refractivity contribution in [3.63, 3.8) is 0 Å². The van der Waals surface area contributed by atoms with E-state index in [1.54, 1.807) is 0 Å². The largest absolute Gasteiger partial charge is 0.310 e. The third-order valence-electron chi connectivity index (χ3n) is 3.69. The van der Waals surface area contributed by atoms with Crippen molar-refractivity contribution >= 4 is 11.8 Å². The Hall–Kier alpha value is -0.540. The average Bonchev–Trinajstić information content (AvgIpc) is 2.38. The maximum atomic E-state index is 4.20. The summed E-state index contributed by atoms with van der Waals surface area (Å²) < 4.78 is 0. The fourth-order valence-corrected chi connectivity index (χ4v) is 3.31. The Morgan fingerprint density at radius 3 is 3.12 bits per heavy atom. The summed E-state index contributed by atoms with van der Waals surface area (Å²) in [5, 5.41) is 4.55. The molecule has 0 radical (unpaired) electrons. The molecule has 1 N–H and O–H groups in total. The van der Waals surface area contributed by atoms with Gasteiger partial charge in [-0.15, -0.1) is 0 Å². The number of aryl methyl sites for hydroxylation is 1. The summed E-state index contributed by atoms with van der Waals surface area (Å²) in [4.78, 5) is 4.20. The Kier molecular flexibility index (Phi) is 4.86. The van der Waals surface area contributed by atoms with E-state index >= 15 is 0 Å². The minimum absolute atomic E-state index is 0.695. The van der Waals surface area contributed by atoms with Gasteiger partial charge in [0, 0.05) is 30.2 Å². The lowest BCUT2D eigenvalue weighted by Crippen LogP contribution is -2.34.